The Kier molecular flexibility index (Phi) is 2.67. The number of aromatic nitrogens is 2. The van der Waals surface area contributed by atoms with Crippen molar-refractivity contribution < 1.29 is 9.90 Å². The third kappa shape index (κ3) is 1.86. The van der Waals surface area contributed by atoms with Crippen LogP contribution < -0.4 is 5.73 Å². The van der Waals surface area contributed by atoms with Crippen LogP contribution in [0.2, 0.25) is 0 Å². The Hall–Kier alpha value is -1.36. The lowest BCUT2D eigenvalue weighted by Gasteiger charge is -2.06. The highest BCUT2D eigenvalue weighted by molar-refractivity contribution is 5.76. The number of hydrogen-bond donors (Lipinski definition) is 3. The first kappa shape index (κ1) is 9.73. The molecule has 0 aliphatic heterocycles. The lowest BCUT2D eigenvalue weighted by Crippen LogP contribution is -2.22. The number of H-pyrrole nitrogens is 1. The predicted molar refractivity (Wildman–Crippen MR) is 47.5 cm³/mol. The minimum Gasteiger partial charge on any atom is -0.481 e. The highest BCUT2D eigenvalue weighted by atomic mass is 16.4. The molecule has 5 heteroatoms. The number of nitrogens with two attached hydrogens (primary N) is 1. The summed E-state index contributed by atoms with van der Waals surface area (Å²) in [5, 5.41) is 8.83. The van der Waals surface area contributed by atoms with Crippen LogP contribution in [0, 0.1) is 13.8 Å². The van der Waals surface area contributed by atoms with Gasteiger partial charge in [0, 0.05) is 12.2 Å². The molecular weight excluding hydrogens is 170 g/mol. The summed E-state index contributed by atoms with van der Waals surface area (Å²) in [5.41, 5.74) is 6.66. The maximum Gasteiger partial charge on any atom is 0.313 e. The molecule has 72 valence electrons. The largest absolute Gasteiger partial charge is 0.481 e. The molecule has 0 bridgehead atoms. The number of rotatable bonds is 3. The average Bonchev–Trinajstić information content (AvgIpc) is 2.31. The molecule has 0 aliphatic carbocycles. The van der Waals surface area contributed by atoms with Crippen molar-refractivity contribution in [3.05, 3.63) is 17.2 Å². The number of aliphatic carboxylic acids is 1. The molecule has 0 radical (unpaired) electrons. The summed E-state index contributed by atoms with van der Waals surface area (Å²) >= 11 is 0. The van der Waals surface area contributed by atoms with E-state index in [1.54, 1.807) is 13.8 Å². The Labute approximate surface area is 76.0 Å². The molecule has 0 amide bonds. The van der Waals surface area contributed by atoms with E-state index < -0.39 is 11.9 Å². The van der Waals surface area contributed by atoms with Crippen LogP contribution >= 0.6 is 0 Å². The van der Waals surface area contributed by atoms with Gasteiger partial charge in [-0.3, -0.25) is 4.79 Å². The van der Waals surface area contributed by atoms with Gasteiger partial charge in [-0.05, 0) is 13.8 Å². The van der Waals surface area contributed by atoms with E-state index in [-0.39, 0.29) is 6.54 Å². The first-order chi connectivity index (χ1) is 6.06. The monoisotopic (exact) mass is 183 g/mol. The fourth-order valence-electron chi connectivity index (χ4n) is 1.30. The first-order valence-electron chi connectivity index (χ1n) is 4.02. The second kappa shape index (κ2) is 3.57. The molecule has 0 saturated carbocycles. The molecule has 0 spiro atoms. The van der Waals surface area contributed by atoms with Gasteiger partial charge >= 0.3 is 5.97 Å². The van der Waals surface area contributed by atoms with E-state index >= 15 is 0 Å². The number of aryl methyl sites for hydroxylation is 2. The Morgan fingerprint density at radius 1 is 1.69 bits per heavy atom. The van der Waals surface area contributed by atoms with Crippen LogP contribution in [0.5, 0.6) is 0 Å². The number of carbonyl (C=O) groups is 1. The lowest BCUT2D eigenvalue weighted by molar-refractivity contribution is -0.138. The van der Waals surface area contributed by atoms with Gasteiger partial charge in [-0.1, -0.05) is 0 Å². The maximum atomic E-state index is 10.8. The van der Waals surface area contributed by atoms with Gasteiger partial charge in [-0.15, -0.1) is 0 Å². The van der Waals surface area contributed by atoms with Crippen LogP contribution in [-0.4, -0.2) is 27.6 Å². The van der Waals surface area contributed by atoms with Crippen molar-refractivity contribution in [2.45, 2.75) is 19.8 Å². The normalized spacial score (nSPS) is 12.8. The van der Waals surface area contributed by atoms with Gasteiger partial charge in [0.15, 0.2) is 0 Å². The number of hydrogen-bond acceptors (Lipinski definition) is 3. The summed E-state index contributed by atoms with van der Waals surface area (Å²) in [6.07, 6.45) is 0. The number of carboxylic acids is 1. The molecule has 5 nitrogen and oxygen atoms in total. The van der Waals surface area contributed by atoms with Crippen molar-refractivity contribution in [2.75, 3.05) is 6.54 Å². The second-order valence-electron chi connectivity index (χ2n) is 2.96. The predicted octanol–water partition coefficient (Wildman–Crippen LogP) is 0.153. The van der Waals surface area contributed by atoms with E-state index in [1.165, 1.54) is 0 Å². The van der Waals surface area contributed by atoms with Crippen LogP contribution in [0.4, 0.5) is 0 Å². The highest BCUT2D eigenvalue weighted by Gasteiger charge is 2.22. The van der Waals surface area contributed by atoms with Crippen molar-refractivity contribution in [2.24, 2.45) is 5.73 Å². The number of imidazole rings is 1. The zero-order chi connectivity index (χ0) is 10.0. The molecule has 0 fully saturated rings. The van der Waals surface area contributed by atoms with E-state index in [2.05, 4.69) is 9.97 Å². The molecule has 0 aromatic carbocycles. The van der Waals surface area contributed by atoms with Crippen LogP contribution in [0.25, 0.3) is 0 Å². The van der Waals surface area contributed by atoms with Gasteiger partial charge in [0.25, 0.3) is 0 Å². The summed E-state index contributed by atoms with van der Waals surface area (Å²) in [6.45, 7) is 3.65. The number of nitrogens with one attached hydrogen (secondary N) is 1. The Morgan fingerprint density at radius 3 is 2.62 bits per heavy atom. The topological polar surface area (TPSA) is 92.0 Å². The standard InChI is InChI=1S/C8H13N3O2/c1-4-7(11-5(2)10-4)6(3-9)8(12)13/h6H,3,9H2,1-2H3,(H,10,11)(H,12,13). The van der Waals surface area contributed by atoms with E-state index in [1.807, 2.05) is 0 Å². The van der Waals surface area contributed by atoms with E-state index in [0.29, 0.717) is 11.5 Å². The zero-order valence-corrected chi connectivity index (χ0v) is 7.66. The summed E-state index contributed by atoms with van der Waals surface area (Å²) in [6, 6.07) is 0. The number of nitrogens with zero attached hydrogens (tertiary/aromatic N) is 1. The quantitative estimate of drug-likeness (QED) is 0.622. The molecule has 0 aliphatic rings. The van der Waals surface area contributed by atoms with Crippen molar-refractivity contribution in [3.8, 4) is 0 Å². The van der Waals surface area contributed by atoms with Gasteiger partial charge in [0.05, 0.1) is 5.69 Å². The Bertz CT molecular complexity index is 319. The Balaban J connectivity index is 3.04. The molecule has 1 atom stereocenters. The third-order valence-corrected chi connectivity index (χ3v) is 1.90. The Morgan fingerprint density at radius 2 is 2.31 bits per heavy atom. The molecule has 1 heterocycles. The molecule has 1 aromatic heterocycles. The van der Waals surface area contributed by atoms with Crippen LogP contribution in [0.1, 0.15) is 23.1 Å². The fourth-order valence-corrected chi connectivity index (χ4v) is 1.30. The first-order valence-corrected chi connectivity index (χ1v) is 4.02. The molecule has 4 N–H and O–H groups in total. The molecule has 1 unspecified atom stereocenters. The molecular formula is C8H13N3O2. The van der Waals surface area contributed by atoms with Crippen LogP contribution in [0.3, 0.4) is 0 Å². The van der Waals surface area contributed by atoms with Gasteiger partial charge in [0.1, 0.15) is 11.7 Å². The summed E-state index contributed by atoms with van der Waals surface area (Å²) in [5.74, 6) is -0.922. The minimum atomic E-state index is -0.933. The van der Waals surface area contributed by atoms with Crippen molar-refractivity contribution >= 4 is 5.97 Å². The molecule has 1 rings (SSSR count). The van der Waals surface area contributed by atoms with E-state index in [9.17, 15) is 4.79 Å². The zero-order valence-electron chi connectivity index (χ0n) is 7.66. The smallest absolute Gasteiger partial charge is 0.313 e. The average molecular weight is 183 g/mol. The molecule has 0 saturated heterocycles. The lowest BCUT2D eigenvalue weighted by atomic mass is 10.1. The summed E-state index contributed by atoms with van der Waals surface area (Å²) < 4.78 is 0. The number of carboxylic acid groups (broad SMARTS) is 1. The SMILES string of the molecule is Cc1nc(C(CN)C(=O)O)c(C)[nH]1. The summed E-state index contributed by atoms with van der Waals surface area (Å²) in [7, 11) is 0. The highest BCUT2D eigenvalue weighted by Crippen LogP contribution is 2.16. The van der Waals surface area contributed by atoms with Crippen molar-refractivity contribution in [1.82, 2.24) is 9.97 Å². The van der Waals surface area contributed by atoms with Crippen LogP contribution in [-0.2, 0) is 4.79 Å². The molecule has 1 aromatic rings. The van der Waals surface area contributed by atoms with Crippen molar-refractivity contribution in [3.63, 3.8) is 0 Å². The maximum absolute atomic E-state index is 10.8. The second-order valence-corrected chi connectivity index (χ2v) is 2.96. The van der Waals surface area contributed by atoms with Gasteiger partial charge in [0.2, 0.25) is 0 Å². The number of aromatic amines is 1. The molecule has 13 heavy (non-hydrogen) atoms. The van der Waals surface area contributed by atoms with Gasteiger partial charge < -0.3 is 15.8 Å². The minimum absolute atomic E-state index is 0.0699. The van der Waals surface area contributed by atoms with E-state index in [0.717, 1.165) is 5.69 Å². The van der Waals surface area contributed by atoms with Gasteiger partial charge in [-0.2, -0.15) is 0 Å². The summed E-state index contributed by atoms with van der Waals surface area (Å²) in [4.78, 5) is 17.8. The van der Waals surface area contributed by atoms with Gasteiger partial charge in [-0.25, -0.2) is 4.98 Å². The fraction of sp³-hybridized carbons (Fsp3) is 0.500. The third-order valence-electron chi connectivity index (χ3n) is 1.90. The van der Waals surface area contributed by atoms with Crippen LogP contribution in [0.15, 0.2) is 0 Å². The van der Waals surface area contributed by atoms with Crippen molar-refractivity contribution in [1.29, 1.82) is 0 Å². The van der Waals surface area contributed by atoms with E-state index in [4.69, 9.17) is 10.8 Å².